The molecule has 30 heavy (non-hydrogen) atoms. The largest absolute Gasteiger partial charge is 0.459 e. The number of carbonyl (C=O) groups is 1. The van der Waals surface area contributed by atoms with Crippen LogP contribution in [-0.4, -0.2) is 19.0 Å². The van der Waals surface area contributed by atoms with E-state index < -0.39 is 17.8 Å². The van der Waals surface area contributed by atoms with Crippen LogP contribution < -0.4 is 10.2 Å². The standard InChI is InChI=1S/C22H20F4N2O2/c1-13(20-10-15-9-17(23)5-6-19(15)30-20)27-21(29)14-7-8-28(12-14)18-4-2-3-16(11-18)22(24,25)26/h2-6,9-11,13-14H,7-8,12H2,1H3,(H,27,29)/t13-,14?/m1/s1. The molecule has 0 spiro atoms. The van der Waals surface area contributed by atoms with Gasteiger partial charge in [-0.3, -0.25) is 4.79 Å². The molecule has 2 heterocycles. The van der Waals surface area contributed by atoms with E-state index in [0.29, 0.717) is 41.9 Å². The molecule has 1 aliphatic heterocycles. The van der Waals surface area contributed by atoms with E-state index in [-0.39, 0.29) is 17.6 Å². The van der Waals surface area contributed by atoms with Crippen molar-refractivity contribution >= 4 is 22.6 Å². The minimum atomic E-state index is -4.41. The third-order valence-corrected chi connectivity index (χ3v) is 5.38. The predicted octanol–water partition coefficient (Wildman–Crippen LogP) is 5.29. The summed E-state index contributed by atoms with van der Waals surface area (Å²) in [5.74, 6) is -0.392. The second kappa shape index (κ2) is 7.66. The van der Waals surface area contributed by atoms with E-state index in [1.807, 2.05) is 0 Å². The van der Waals surface area contributed by atoms with Crippen LogP contribution in [0, 0.1) is 11.7 Å². The highest BCUT2D eigenvalue weighted by Gasteiger charge is 2.33. The number of halogens is 4. The molecule has 1 aromatic heterocycles. The first kappa shape index (κ1) is 20.3. The first-order valence-corrected chi connectivity index (χ1v) is 9.62. The van der Waals surface area contributed by atoms with Crippen LogP contribution in [0.2, 0.25) is 0 Å². The average molecular weight is 420 g/mol. The Balaban J connectivity index is 1.41. The predicted molar refractivity (Wildman–Crippen MR) is 104 cm³/mol. The van der Waals surface area contributed by atoms with Gasteiger partial charge in [-0.15, -0.1) is 0 Å². The van der Waals surface area contributed by atoms with Crippen LogP contribution in [0.25, 0.3) is 11.0 Å². The van der Waals surface area contributed by atoms with Crippen LogP contribution in [-0.2, 0) is 11.0 Å². The summed E-state index contributed by atoms with van der Waals surface area (Å²) in [6.45, 7) is 2.61. The molecule has 0 bridgehead atoms. The number of rotatable bonds is 4. The lowest BCUT2D eigenvalue weighted by molar-refractivity contribution is -0.137. The van der Waals surface area contributed by atoms with Gasteiger partial charge in [-0.05, 0) is 55.8 Å². The van der Waals surface area contributed by atoms with Crippen LogP contribution in [0.15, 0.2) is 52.9 Å². The van der Waals surface area contributed by atoms with Gasteiger partial charge in [-0.1, -0.05) is 6.07 Å². The molecule has 1 unspecified atom stereocenters. The number of alkyl halides is 3. The summed E-state index contributed by atoms with van der Waals surface area (Å²) in [5.41, 5.74) is 0.277. The number of benzene rings is 2. The summed E-state index contributed by atoms with van der Waals surface area (Å²) in [6, 6.07) is 10.6. The van der Waals surface area contributed by atoms with E-state index in [2.05, 4.69) is 5.32 Å². The third-order valence-electron chi connectivity index (χ3n) is 5.38. The molecule has 1 N–H and O–H groups in total. The Morgan fingerprint density at radius 3 is 2.77 bits per heavy atom. The first-order valence-electron chi connectivity index (χ1n) is 9.62. The van der Waals surface area contributed by atoms with Crippen LogP contribution in [0.4, 0.5) is 23.2 Å². The highest BCUT2D eigenvalue weighted by Crippen LogP contribution is 2.33. The molecule has 0 aliphatic carbocycles. The summed E-state index contributed by atoms with van der Waals surface area (Å²) in [6.07, 6.45) is -3.86. The summed E-state index contributed by atoms with van der Waals surface area (Å²) in [7, 11) is 0. The van der Waals surface area contributed by atoms with E-state index in [1.165, 1.54) is 24.3 Å². The molecule has 3 aromatic rings. The molecule has 1 aliphatic rings. The lowest BCUT2D eigenvalue weighted by Gasteiger charge is -2.20. The van der Waals surface area contributed by atoms with Crippen LogP contribution in [0.5, 0.6) is 0 Å². The number of fused-ring (bicyclic) bond motifs is 1. The number of nitrogens with zero attached hydrogens (tertiary/aromatic N) is 1. The van der Waals surface area contributed by atoms with E-state index in [0.717, 1.165) is 12.1 Å². The Bertz CT molecular complexity index is 1080. The van der Waals surface area contributed by atoms with Crippen molar-refractivity contribution in [2.75, 3.05) is 18.0 Å². The zero-order chi connectivity index (χ0) is 21.5. The van der Waals surface area contributed by atoms with E-state index in [4.69, 9.17) is 4.42 Å². The second-order valence-corrected chi connectivity index (χ2v) is 7.54. The molecule has 1 amide bonds. The number of nitrogens with one attached hydrogen (secondary N) is 1. The number of anilines is 1. The number of hydrogen-bond acceptors (Lipinski definition) is 3. The molecular weight excluding hydrogens is 400 g/mol. The van der Waals surface area contributed by atoms with Crippen molar-refractivity contribution in [3.63, 3.8) is 0 Å². The number of carbonyl (C=O) groups excluding carboxylic acids is 1. The van der Waals surface area contributed by atoms with E-state index in [1.54, 1.807) is 24.0 Å². The van der Waals surface area contributed by atoms with E-state index >= 15 is 0 Å². The van der Waals surface area contributed by atoms with Gasteiger partial charge in [0.05, 0.1) is 17.5 Å². The zero-order valence-electron chi connectivity index (χ0n) is 16.2. The van der Waals surface area contributed by atoms with Crippen LogP contribution >= 0.6 is 0 Å². The SMILES string of the molecule is C[C@@H](NC(=O)C1CCN(c2cccc(C(F)(F)F)c2)C1)c1cc2cc(F)ccc2o1. The zero-order valence-corrected chi connectivity index (χ0v) is 16.2. The molecule has 4 nitrogen and oxygen atoms in total. The molecule has 158 valence electrons. The molecule has 2 atom stereocenters. The number of amides is 1. The van der Waals surface area contributed by atoms with Crippen molar-refractivity contribution in [3.8, 4) is 0 Å². The highest BCUT2D eigenvalue weighted by atomic mass is 19.4. The van der Waals surface area contributed by atoms with Gasteiger partial charge in [0.25, 0.3) is 0 Å². The Morgan fingerprint density at radius 2 is 2.00 bits per heavy atom. The molecule has 2 aromatic carbocycles. The maximum Gasteiger partial charge on any atom is 0.416 e. The quantitative estimate of drug-likeness (QED) is 0.583. The van der Waals surface area contributed by atoms with Gasteiger partial charge in [-0.25, -0.2) is 4.39 Å². The van der Waals surface area contributed by atoms with Crippen molar-refractivity contribution in [3.05, 3.63) is 65.7 Å². The van der Waals surface area contributed by atoms with E-state index in [9.17, 15) is 22.4 Å². The maximum atomic E-state index is 13.3. The van der Waals surface area contributed by atoms with Gasteiger partial charge in [-0.2, -0.15) is 13.2 Å². The third kappa shape index (κ3) is 4.13. The topological polar surface area (TPSA) is 45.5 Å². The van der Waals surface area contributed by atoms with Crippen molar-refractivity contribution in [2.24, 2.45) is 5.92 Å². The van der Waals surface area contributed by atoms with Gasteiger partial charge in [0.1, 0.15) is 17.2 Å². The van der Waals surface area contributed by atoms with Crippen molar-refractivity contribution in [1.82, 2.24) is 5.32 Å². The average Bonchev–Trinajstić information content (AvgIpc) is 3.34. The van der Waals surface area contributed by atoms with Gasteiger partial charge >= 0.3 is 6.18 Å². The van der Waals surface area contributed by atoms with Crippen molar-refractivity contribution in [1.29, 1.82) is 0 Å². The molecule has 1 fully saturated rings. The molecule has 4 rings (SSSR count). The van der Waals surface area contributed by atoms with Gasteiger partial charge in [0.15, 0.2) is 0 Å². The molecular formula is C22H20F4N2O2. The fraction of sp³-hybridized carbons (Fsp3) is 0.318. The summed E-state index contributed by atoms with van der Waals surface area (Å²) >= 11 is 0. The number of furan rings is 1. The second-order valence-electron chi connectivity index (χ2n) is 7.54. The summed E-state index contributed by atoms with van der Waals surface area (Å²) < 4.78 is 57.9. The smallest absolute Gasteiger partial charge is 0.416 e. The Hall–Kier alpha value is -3.03. The molecule has 8 heteroatoms. The normalized spacial score (nSPS) is 18.0. The minimum absolute atomic E-state index is 0.191. The van der Waals surface area contributed by atoms with Crippen LogP contribution in [0.3, 0.4) is 0 Å². The van der Waals surface area contributed by atoms with Gasteiger partial charge < -0.3 is 14.6 Å². The number of hydrogen-bond donors (Lipinski definition) is 1. The molecule has 1 saturated heterocycles. The first-order chi connectivity index (χ1) is 14.2. The molecule has 0 saturated carbocycles. The summed E-state index contributed by atoms with van der Waals surface area (Å²) in [5, 5.41) is 3.50. The maximum absolute atomic E-state index is 13.3. The fourth-order valence-corrected chi connectivity index (χ4v) is 3.74. The van der Waals surface area contributed by atoms with Gasteiger partial charge in [0.2, 0.25) is 5.91 Å². The lowest BCUT2D eigenvalue weighted by Crippen LogP contribution is -2.34. The Morgan fingerprint density at radius 1 is 1.20 bits per heavy atom. The minimum Gasteiger partial charge on any atom is -0.459 e. The van der Waals surface area contributed by atoms with Crippen molar-refractivity contribution in [2.45, 2.75) is 25.6 Å². The Labute approximate surface area is 170 Å². The van der Waals surface area contributed by atoms with Crippen molar-refractivity contribution < 1.29 is 26.8 Å². The van der Waals surface area contributed by atoms with Crippen LogP contribution in [0.1, 0.15) is 30.7 Å². The monoisotopic (exact) mass is 420 g/mol. The fourth-order valence-electron chi connectivity index (χ4n) is 3.74. The Kier molecular flexibility index (Phi) is 5.17. The van der Waals surface area contributed by atoms with Gasteiger partial charge in [0, 0.05) is 24.2 Å². The highest BCUT2D eigenvalue weighted by molar-refractivity contribution is 5.81. The molecule has 0 radical (unpaired) electrons. The summed E-state index contributed by atoms with van der Waals surface area (Å²) in [4.78, 5) is 14.5. The lowest BCUT2D eigenvalue weighted by atomic mass is 10.1.